The van der Waals surface area contributed by atoms with Gasteiger partial charge >= 0.3 is 0 Å². The first kappa shape index (κ1) is 14.6. The van der Waals surface area contributed by atoms with E-state index in [-0.39, 0.29) is 11.5 Å². The highest BCUT2D eigenvalue weighted by atomic mass is 35.5. The second-order valence-corrected chi connectivity index (χ2v) is 6.35. The van der Waals surface area contributed by atoms with E-state index < -0.39 is 0 Å². The van der Waals surface area contributed by atoms with Crippen molar-refractivity contribution in [1.29, 1.82) is 0 Å². The van der Waals surface area contributed by atoms with Gasteiger partial charge in [-0.2, -0.15) is 0 Å². The number of benzene rings is 1. The minimum atomic E-state index is 0.0740. The maximum absolute atomic E-state index is 6.16. The largest absolute Gasteiger partial charge is 0.389 e. The van der Waals surface area contributed by atoms with Gasteiger partial charge in [-0.25, -0.2) is 0 Å². The lowest BCUT2D eigenvalue weighted by Crippen LogP contribution is -2.57. The highest BCUT2D eigenvalue weighted by Gasteiger charge is 2.48. The predicted octanol–water partition coefficient (Wildman–Crippen LogP) is 3.20. The fourth-order valence-electron chi connectivity index (χ4n) is 2.61. The van der Waals surface area contributed by atoms with Gasteiger partial charge in [0.25, 0.3) is 0 Å². The lowest BCUT2D eigenvalue weighted by molar-refractivity contribution is -0.0794. The molecule has 104 valence electrons. The number of ether oxygens (including phenoxy) is 1. The zero-order valence-corrected chi connectivity index (χ0v) is 12.9. The molecule has 5 heteroatoms. The van der Waals surface area contributed by atoms with E-state index in [2.05, 4.69) is 19.2 Å². The quantitative estimate of drug-likeness (QED) is 0.838. The molecule has 19 heavy (non-hydrogen) atoms. The minimum absolute atomic E-state index is 0.0740. The summed E-state index contributed by atoms with van der Waals surface area (Å²) in [6.07, 6.45) is 1.24. The molecule has 3 nitrogen and oxygen atoms in total. The number of anilines is 1. The molecule has 2 unspecified atom stereocenters. The van der Waals surface area contributed by atoms with E-state index in [9.17, 15) is 0 Å². The van der Waals surface area contributed by atoms with Crippen molar-refractivity contribution in [3.8, 4) is 0 Å². The molecule has 0 heterocycles. The van der Waals surface area contributed by atoms with Crippen molar-refractivity contribution in [3.63, 3.8) is 0 Å². The first-order chi connectivity index (χ1) is 8.87. The van der Waals surface area contributed by atoms with Crippen molar-refractivity contribution in [2.45, 2.75) is 32.4 Å². The molecule has 1 aliphatic carbocycles. The average molecular weight is 299 g/mol. The fraction of sp³-hybridized carbons (Fsp3) is 0.500. The van der Waals surface area contributed by atoms with Crippen LogP contribution in [0.2, 0.25) is 5.02 Å². The lowest BCUT2D eigenvalue weighted by Gasteiger charge is -2.51. The molecule has 1 saturated carbocycles. The van der Waals surface area contributed by atoms with Crippen molar-refractivity contribution >= 4 is 34.5 Å². The normalized spacial score (nSPS) is 24.6. The van der Waals surface area contributed by atoms with Crippen LogP contribution < -0.4 is 11.1 Å². The second-order valence-electron chi connectivity index (χ2n) is 5.50. The predicted molar refractivity (Wildman–Crippen MR) is 83.9 cm³/mol. The lowest BCUT2D eigenvalue weighted by atomic mass is 9.64. The maximum Gasteiger partial charge on any atom is 0.107 e. The summed E-state index contributed by atoms with van der Waals surface area (Å²) in [7, 11) is 1.75. The first-order valence-electron chi connectivity index (χ1n) is 6.25. The van der Waals surface area contributed by atoms with E-state index in [1.165, 1.54) is 0 Å². The van der Waals surface area contributed by atoms with Crippen molar-refractivity contribution < 1.29 is 4.74 Å². The van der Waals surface area contributed by atoms with Crippen molar-refractivity contribution in [2.24, 2.45) is 11.1 Å². The van der Waals surface area contributed by atoms with E-state index >= 15 is 0 Å². The molecule has 1 aliphatic rings. The number of nitrogens with two attached hydrogens (primary N) is 1. The Kier molecular flexibility index (Phi) is 4.04. The molecule has 3 N–H and O–H groups in total. The van der Waals surface area contributed by atoms with Gasteiger partial charge in [-0.1, -0.05) is 43.7 Å². The van der Waals surface area contributed by atoms with E-state index in [4.69, 9.17) is 34.3 Å². The molecule has 0 aliphatic heterocycles. The molecule has 0 bridgehead atoms. The zero-order valence-electron chi connectivity index (χ0n) is 11.4. The SMILES string of the molecule is COC1CC(Nc2cccc(Cl)c2C(N)=S)C1(C)C. The Morgan fingerprint density at radius 1 is 1.53 bits per heavy atom. The van der Waals surface area contributed by atoms with E-state index in [0.717, 1.165) is 17.7 Å². The summed E-state index contributed by atoms with van der Waals surface area (Å²) < 4.78 is 5.45. The van der Waals surface area contributed by atoms with Crippen LogP contribution in [0.25, 0.3) is 0 Å². The van der Waals surface area contributed by atoms with Crippen molar-refractivity contribution in [2.75, 3.05) is 12.4 Å². The maximum atomic E-state index is 6.16. The third kappa shape index (κ3) is 2.57. The molecule has 1 fully saturated rings. The van der Waals surface area contributed by atoms with Crippen molar-refractivity contribution in [1.82, 2.24) is 0 Å². The average Bonchev–Trinajstić information content (AvgIpc) is 2.33. The van der Waals surface area contributed by atoms with E-state index in [1.54, 1.807) is 13.2 Å². The van der Waals surface area contributed by atoms with Crippen molar-refractivity contribution in [3.05, 3.63) is 28.8 Å². The summed E-state index contributed by atoms with van der Waals surface area (Å²) in [6, 6.07) is 5.97. The molecule has 0 aromatic heterocycles. The van der Waals surface area contributed by atoms with Gasteiger partial charge in [0, 0.05) is 24.3 Å². The van der Waals surface area contributed by atoms with Crippen LogP contribution in [0, 0.1) is 5.41 Å². The number of methoxy groups -OCH3 is 1. The minimum Gasteiger partial charge on any atom is -0.389 e. The van der Waals surface area contributed by atoms with Crippen LogP contribution in [0.4, 0.5) is 5.69 Å². The van der Waals surface area contributed by atoms with Crippen LogP contribution in [0.5, 0.6) is 0 Å². The summed E-state index contributed by atoms with van der Waals surface area (Å²) in [5.74, 6) is 0. The van der Waals surface area contributed by atoms with Gasteiger partial charge in [0.05, 0.1) is 16.7 Å². The van der Waals surface area contributed by atoms with Crippen LogP contribution in [0.15, 0.2) is 18.2 Å². The van der Waals surface area contributed by atoms with Gasteiger partial charge in [0.15, 0.2) is 0 Å². The van der Waals surface area contributed by atoms with Gasteiger partial charge in [0.1, 0.15) is 4.99 Å². The Balaban J connectivity index is 2.22. The number of thiocarbonyl (C=S) groups is 1. The number of nitrogens with one attached hydrogen (secondary N) is 1. The molecule has 1 aromatic rings. The monoisotopic (exact) mass is 298 g/mol. The van der Waals surface area contributed by atoms with Gasteiger partial charge in [-0.3, -0.25) is 0 Å². The summed E-state index contributed by atoms with van der Waals surface area (Å²) in [5.41, 5.74) is 7.44. The van der Waals surface area contributed by atoms with Crippen LogP contribution in [-0.4, -0.2) is 24.2 Å². The number of rotatable bonds is 4. The van der Waals surface area contributed by atoms with E-state index in [0.29, 0.717) is 16.1 Å². The Morgan fingerprint density at radius 2 is 2.21 bits per heavy atom. The van der Waals surface area contributed by atoms with Gasteiger partial charge < -0.3 is 15.8 Å². The highest BCUT2D eigenvalue weighted by molar-refractivity contribution is 7.80. The molecule has 0 spiro atoms. The van der Waals surface area contributed by atoms with Crippen LogP contribution in [-0.2, 0) is 4.74 Å². The molecular weight excluding hydrogens is 280 g/mol. The topological polar surface area (TPSA) is 47.3 Å². The van der Waals surface area contributed by atoms with Gasteiger partial charge in [-0.15, -0.1) is 0 Å². The standard InChI is InChI=1S/C14H19ClN2OS/c1-14(2)10(7-11(14)18-3)17-9-6-4-5-8(15)12(9)13(16)19/h4-6,10-11,17H,7H2,1-3H3,(H2,16,19). The van der Waals surface area contributed by atoms with Gasteiger partial charge in [0.2, 0.25) is 0 Å². The van der Waals surface area contributed by atoms with Crippen LogP contribution in [0.3, 0.4) is 0 Å². The summed E-state index contributed by atoms with van der Waals surface area (Å²) in [5, 5.41) is 4.07. The molecule has 2 rings (SSSR count). The Labute approximate surface area is 124 Å². The molecule has 1 aromatic carbocycles. The third-order valence-electron chi connectivity index (χ3n) is 4.05. The Morgan fingerprint density at radius 3 is 2.74 bits per heavy atom. The first-order valence-corrected chi connectivity index (χ1v) is 7.04. The smallest absolute Gasteiger partial charge is 0.107 e. The molecule has 0 radical (unpaired) electrons. The van der Waals surface area contributed by atoms with Gasteiger partial charge in [-0.05, 0) is 18.6 Å². The molecule has 0 amide bonds. The Bertz CT molecular complexity index is 504. The second kappa shape index (κ2) is 5.27. The molecular formula is C14H19ClN2OS. The molecule has 2 atom stereocenters. The summed E-state index contributed by atoms with van der Waals surface area (Å²) in [6.45, 7) is 4.38. The fourth-order valence-corrected chi connectivity index (χ4v) is 3.17. The number of hydrogen-bond donors (Lipinski definition) is 2. The Hall–Kier alpha value is -0.840. The number of halogens is 1. The summed E-state index contributed by atoms with van der Waals surface area (Å²) in [4.78, 5) is 0.313. The number of hydrogen-bond acceptors (Lipinski definition) is 3. The zero-order chi connectivity index (χ0) is 14.2. The highest BCUT2D eigenvalue weighted by Crippen LogP contribution is 2.44. The van der Waals surface area contributed by atoms with Crippen LogP contribution >= 0.6 is 23.8 Å². The third-order valence-corrected chi connectivity index (χ3v) is 4.57. The van der Waals surface area contributed by atoms with Crippen LogP contribution in [0.1, 0.15) is 25.8 Å². The summed E-state index contributed by atoms with van der Waals surface area (Å²) >= 11 is 11.2. The van der Waals surface area contributed by atoms with E-state index in [1.807, 2.05) is 12.1 Å². The molecule has 0 saturated heterocycles.